The number of hydrogen-bond donors (Lipinski definition) is 2. The molecular weight excluding hydrogens is 464 g/mol. The predicted molar refractivity (Wildman–Crippen MR) is 130 cm³/mol. The maximum absolute atomic E-state index is 12.7. The number of thiophene rings is 1. The van der Waals surface area contributed by atoms with Crippen molar-refractivity contribution in [3.05, 3.63) is 46.3 Å². The van der Waals surface area contributed by atoms with Crippen LogP contribution in [0, 0.1) is 0 Å². The van der Waals surface area contributed by atoms with E-state index in [0.29, 0.717) is 20.0 Å². The number of thioether (sulfide) groups is 1. The van der Waals surface area contributed by atoms with E-state index in [1.807, 2.05) is 44.2 Å². The lowest BCUT2D eigenvalue weighted by Gasteiger charge is -2.14. The summed E-state index contributed by atoms with van der Waals surface area (Å²) in [7, 11) is 0. The predicted octanol–water partition coefficient (Wildman–Crippen LogP) is 5.52. The van der Waals surface area contributed by atoms with Crippen LogP contribution < -0.4 is 10.6 Å². The molecule has 168 valence electrons. The minimum absolute atomic E-state index is 0.181. The van der Waals surface area contributed by atoms with Crippen LogP contribution in [0.1, 0.15) is 47.5 Å². The van der Waals surface area contributed by atoms with Gasteiger partial charge in [0, 0.05) is 10.6 Å². The first-order valence-electron chi connectivity index (χ1n) is 10.4. The second kappa shape index (κ2) is 10.5. The van der Waals surface area contributed by atoms with Gasteiger partial charge in [-0.15, -0.1) is 21.5 Å². The molecule has 0 saturated carbocycles. The van der Waals surface area contributed by atoms with Crippen LogP contribution in [0.4, 0.5) is 15.8 Å². The van der Waals surface area contributed by atoms with E-state index >= 15 is 0 Å². The number of nitrogens with one attached hydrogen (secondary N) is 2. The van der Waals surface area contributed by atoms with Crippen molar-refractivity contribution in [2.75, 3.05) is 16.4 Å². The smallest absolute Gasteiger partial charge is 0.341 e. The molecule has 2 heterocycles. The number of carbonyl (C=O) groups excluding carboxylic acids is 2. The number of fused-ring (bicyclic) bond motifs is 1. The molecule has 0 saturated heterocycles. The molecular formula is C22H24N4O3S3. The third-order valence-electron chi connectivity index (χ3n) is 4.73. The Morgan fingerprint density at radius 2 is 1.91 bits per heavy atom. The lowest BCUT2D eigenvalue weighted by molar-refractivity contribution is -0.113. The van der Waals surface area contributed by atoms with Gasteiger partial charge in [0.05, 0.1) is 17.4 Å². The second-order valence-corrected chi connectivity index (χ2v) is 10.9. The zero-order chi connectivity index (χ0) is 22.5. The van der Waals surface area contributed by atoms with Gasteiger partial charge in [0.1, 0.15) is 5.00 Å². The summed E-state index contributed by atoms with van der Waals surface area (Å²) in [5.41, 5.74) is 2.50. The number of benzene rings is 1. The Morgan fingerprint density at radius 3 is 2.69 bits per heavy atom. The standard InChI is InChI=1S/C22H24N4O3S3/c1-13(2)29-20(28)18-15-10-6-7-11-16(15)31-19(18)24-17(27)12-30-22-26-25-21(32-22)23-14-8-4-3-5-9-14/h3-5,8-9,13H,6-7,10-12H2,1-2H3,(H,23,25)(H,24,27). The van der Waals surface area contributed by atoms with Gasteiger partial charge in [0.15, 0.2) is 4.34 Å². The van der Waals surface area contributed by atoms with Crippen molar-refractivity contribution >= 4 is 62.1 Å². The molecule has 1 aliphatic rings. The number of anilines is 3. The topological polar surface area (TPSA) is 93.2 Å². The first kappa shape index (κ1) is 22.8. The van der Waals surface area contributed by atoms with E-state index in [2.05, 4.69) is 20.8 Å². The second-order valence-electron chi connectivity index (χ2n) is 7.57. The van der Waals surface area contributed by atoms with E-state index in [4.69, 9.17) is 4.74 Å². The Labute approximate surface area is 199 Å². The Morgan fingerprint density at radius 1 is 1.12 bits per heavy atom. The van der Waals surface area contributed by atoms with E-state index < -0.39 is 0 Å². The third kappa shape index (κ3) is 5.67. The number of carbonyl (C=O) groups is 2. The molecule has 0 bridgehead atoms. The van der Waals surface area contributed by atoms with Crippen molar-refractivity contribution < 1.29 is 14.3 Å². The van der Waals surface area contributed by atoms with Crippen molar-refractivity contribution in [2.24, 2.45) is 0 Å². The summed E-state index contributed by atoms with van der Waals surface area (Å²) in [4.78, 5) is 26.6. The summed E-state index contributed by atoms with van der Waals surface area (Å²) in [6.07, 6.45) is 3.73. The minimum atomic E-state index is -0.358. The van der Waals surface area contributed by atoms with Crippen LogP contribution in [0.3, 0.4) is 0 Å². The zero-order valence-corrected chi connectivity index (χ0v) is 20.3. The number of amides is 1. The molecule has 7 nitrogen and oxygen atoms in total. The molecule has 3 aromatic rings. The molecule has 0 fully saturated rings. The van der Waals surface area contributed by atoms with E-state index in [9.17, 15) is 9.59 Å². The van der Waals surface area contributed by atoms with Crippen molar-refractivity contribution in [3.8, 4) is 0 Å². The molecule has 0 spiro atoms. The molecule has 2 N–H and O–H groups in total. The van der Waals surface area contributed by atoms with Crippen molar-refractivity contribution in [1.29, 1.82) is 0 Å². The van der Waals surface area contributed by atoms with E-state index in [0.717, 1.165) is 36.9 Å². The highest BCUT2D eigenvalue weighted by molar-refractivity contribution is 8.01. The summed E-state index contributed by atoms with van der Waals surface area (Å²) < 4.78 is 6.15. The summed E-state index contributed by atoms with van der Waals surface area (Å²) in [6.45, 7) is 3.66. The van der Waals surface area contributed by atoms with Crippen LogP contribution in [0.25, 0.3) is 0 Å². The van der Waals surface area contributed by atoms with Crippen molar-refractivity contribution in [2.45, 2.75) is 50.0 Å². The highest BCUT2D eigenvalue weighted by Gasteiger charge is 2.28. The van der Waals surface area contributed by atoms with Gasteiger partial charge in [-0.25, -0.2) is 4.79 Å². The van der Waals surface area contributed by atoms with Gasteiger partial charge in [-0.05, 0) is 57.2 Å². The van der Waals surface area contributed by atoms with E-state index in [-0.39, 0.29) is 23.7 Å². The fourth-order valence-corrected chi connectivity index (χ4v) is 6.26. The van der Waals surface area contributed by atoms with Gasteiger partial charge in [-0.2, -0.15) is 0 Å². The Bertz CT molecular complexity index is 1100. The van der Waals surface area contributed by atoms with Crippen LogP contribution in [0.5, 0.6) is 0 Å². The lowest BCUT2D eigenvalue weighted by Crippen LogP contribution is -2.18. The first-order chi connectivity index (χ1) is 15.5. The van der Waals surface area contributed by atoms with Crippen LogP contribution in [0.15, 0.2) is 34.7 Å². The fraction of sp³-hybridized carbons (Fsp3) is 0.364. The maximum atomic E-state index is 12.7. The van der Waals surface area contributed by atoms with Gasteiger partial charge in [0.25, 0.3) is 0 Å². The summed E-state index contributed by atoms with van der Waals surface area (Å²) >= 11 is 4.21. The van der Waals surface area contributed by atoms with Crippen LogP contribution in [-0.2, 0) is 22.4 Å². The molecule has 0 radical (unpaired) electrons. The van der Waals surface area contributed by atoms with Crippen LogP contribution in [0.2, 0.25) is 0 Å². The molecule has 32 heavy (non-hydrogen) atoms. The quantitative estimate of drug-likeness (QED) is 0.319. The monoisotopic (exact) mass is 488 g/mol. The van der Waals surface area contributed by atoms with E-state index in [1.54, 1.807) is 0 Å². The lowest BCUT2D eigenvalue weighted by atomic mass is 9.95. The highest BCUT2D eigenvalue weighted by atomic mass is 32.2. The summed E-state index contributed by atoms with van der Waals surface area (Å²) in [5, 5.41) is 15.7. The summed E-state index contributed by atoms with van der Waals surface area (Å²) in [6, 6.07) is 9.73. The third-order valence-corrected chi connectivity index (χ3v) is 7.91. The molecule has 4 rings (SSSR count). The van der Waals surface area contributed by atoms with Gasteiger partial charge in [-0.1, -0.05) is 41.3 Å². The number of ether oxygens (including phenoxy) is 1. The van der Waals surface area contributed by atoms with Gasteiger partial charge < -0.3 is 15.4 Å². The molecule has 0 aliphatic heterocycles. The minimum Gasteiger partial charge on any atom is -0.459 e. The summed E-state index contributed by atoms with van der Waals surface area (Å²) in [5.74, 6) is -0.357. The van der Waals surface area contributed by atoms with Gasteiger partial charge in [0.2, 0.25) is 11.0 Å². The van der Waals surface area contributed by atoms with E-state index in [1.165, 1.54) is 39.3 Å². The first-order valence-corrected chi connectivity index (χ1v) is 13.0. The maximum Gasteiger partial charge on any atom is 0.341 e. The Balaban J connectivity index is 1.39. The number of esters is 1. The molecule has 0 atom stereocenters. The van der Waals surface area contributed by atoms with Crippen LogP contribution >= 0.6 is 34.4 Å². The van der Waals surface area contributed by atoms with Gasteiger partial charge >= 0.3 is 5.97 Å². The van der Waals surface area contributed by atoms with Crippen molar-refractivity contribution in [1.82, 2.24) is 10.2 Å². The van der Waals surface area contributed by atoms with Crippen LogP contribution in [-0.4, -0.2) is 33.9 Å². The normalized spacial score (nSPS) is 13.0. The number of nitrogens with zero attached hydrogens (tertiary/aromatic N) is 2. The number of para-hydroxylation sites is 1. The highest BCUT2D eigenvalue weighted by Crippen LogP contribution is 2.39. The SMILES string of the molecule is CC(C)OC(=O)c1c(NC(=O)CSc2nnc(Nc3ccccc3)s2)sc2c1CCCC2. The molecule has 1 aromatic carbocycles. The number of rotatable bonds is 8. The van der Waals surface area contributed by atoms with Gasteiger partial charge in [-0.3, -0.25) is 4.79 Å². The molecule has 2 aromatic heterocycles. The molecule has 0 unspecified atom stereocenters. The number of aromatic nitrogens is 2. The average Bonchev–Trinajstić information content (AvgIpc) is 3.36. The molecule has 1 amide bonds. The zero-order valence-electron chi connectivity index (χ0n) is 17.8. The average molecular weight is 489 g/mol. The largest absolute Gasteiger partial charge is 0.459 e. The van der Waals surface area contributed by atoms with Crippen molar-refractivity contribution in [3.63, 3.8) is 0 Å². The number of aryl methyl sites for hydroxylation is 1. The number of hydrogen-bond acceptors (Lipinski definition) is 9. The Kier molecular flexibility index (Phi) is 7.44. The Hall–Kier alpha value is -2.43. The molecule has 10 heteroatoms. The molecule has 1 aliphatic carbocycles. The fourth-order valence-electron chi connectivity index (χ4n) is 3.40.